The standard InChI is InChI=1S/C20H29N3O2/c1-15-12-18(7-9-21-15)25-19-13-23(14-19)20(24)16-4-3-10-22(11-8-16)17-5-2-6-17/h7,9,12,16-17,19H,2-6,8,10-11,13-14H2,1H3. The van der Waals surface area contributed by atoms with Crippen molar-refractivity contribution in [1.82, 2.24) is 14.8 Å². The monoisotopic (exact) mass is 343 g/mol. The van der Waals surface area contributed by atoms with Crippen molar-refractivity contribution in [2.75, 3.05) is 26.2 Å². The van der Waals surface area contributed by atoms with Crippen LogP contribution in [0, 0.1) is 12.8 Å². The van der Waals surface area contributed by atoms with Gasteiger partial charge in [-0.25, -0.2) is 0 Å². The zero-order chi connectivity index (χ0) is 17.2. The second-order valence-electron chi connectivity index (χ2n) is 7.86. The molecule has 5 heteroatoms. The summed E-state index contributed by atoms with van der Waals surface area (Å²) in [6.45, 7) is 5.70. The summed E-state index contributed by atoms with van der Waals surface area (Å²) in [6, 6.07) is 4.64. The minimum atomic E-state index is 0.128. The number of rotatable bonds is 4. The minimum Gasteiger partial charge on any atom is -0.487 e. The fourth-order valence-electron chi connectivity index (χ4n) is 4.22. The Bertz CT molecular complexity index is 611. The first kappa shape index (κ1) is 16.8. The summed E-state index contributed by atoms with van der Waals surface area (Å²) < 4.78 is 5.95. The molecule has 1 unspecified atom stereocenters. The maximum atomic E-state index is 12.8. The number of ether oxygens (including phenoxy) is 1. The number of hydrogen-bond donors (Lipinski definition) is 0. The van der Waals surface area contributed by atoms with Gasteiger partial charge in [-0.05, 0) is 58.2 Å². The summed E-state index contributed by atoms with van der Waals surface area (Å²) >= 11 is 0. The molecule has 1 atom stereocenters. The molecule has 3 fully saturated rings. The van der Waals surface area contributed by atoms with Crippen LogP contribution in [-0.2, 0) is 4.79 Å². The van der Waals surface area contributed by atoms with E-state index in [4.69, 9.17) is 4.74 Å². The zero-order valence-electron chi connectivity index (χ0n) is 15.2. The van der Waals surface area contributed by atoms with Crippen LogP contribution in [0.2, 0.25) is 0 Å². The maximum absolute atomic E-state index is 12.8. The molecule has 25 heavy (non-hydrogen) atoms. The summed E-state index contributed by atoms with van der Waals surface area (Å²) in [6.07, 6.45) is 9.24. The lowest BCUT2D eigenvalue weighted by Crippen LogP contribution is -2.57. The van der Waals surface area contributed by atoms with Gasteiger partial charge in [0.2, 0.25) is 5.91 Å². The molecule has 1 aromatic heterocycles. The van der Waals surface area contributed by atoms with Crippen molar-refractivity contribution in [3.63, 3.8) is 0 Å². The first-order valence-corrected chi connectivity index (χ1v) is 9.81. The molecular weight excluding hydrogens is 314 g/mol. The lowest BCUT2D eigenvalue weighted by molar-refractivity contribution is -0.144. The maximum Gasteiger partial charge on any atom is 0.225 e. The zero-order valence-corrected chi connectivity index (χ0v) is 15.2. The van der Waals surface area contributed by atoms with Crippen LogP contribution >= 0.6 is 0 Å². The Hall–Kier alpha value is -1.62. The molecule has 0 N–H and O–H groups in total. The van der Waals surface area contributed by atoms with E-state index in [1.807, 2.05) is 24.0 Å². The summed E-state index contributed by atoms with van der Waals surface area (Å²) in [5.41, 5.74) is 0.958. The van der Waals surface area contributed by atoms with E-state index >= 15 is 0 Å². The largest absolute Gasteiger partial charge is 0.487 e. The molecule has 0 spiro atoms. The fourth-order valence-corrected chi connectivity index (χ4v) is 4.22. The third-order valence-electron chi connectivity index (χ3n) is 6.03. The number of likely N-dealkylation sites (tertiary alicyclic amines) is 2. The van der Waals surface area contributed by atoms with E-state index in [-0.39, 0.29) is 12.0 Å². The van der Waals surface area contributed by atoms with Crippen molar-refractivity contribution in [2.45, 2.75) is 57.6 Å². The van der Waals surface area contributed by atoms with Gasteiger partial charge in [-0.1, -0.05) is 6.42 Å². The molecule has 1 aromatic rings. The summed E-state index contributed by atoms with van der Waals surface area (Å²) in [5.74, 6) is 1.42. The molecule has 3 aliphatic rings. The van der Waals surface area contributed by atoms with Gasteiger partial charge in [0.25, 0.3) is 0 Å². The summed E-state index contributed by atoms with van der Waals surface area (Å²) in [7, 11) is 0. The first-order valence-electron chi connectivity index (χ1n) is 9.81. The van der Waals surface area contributed by atoms with Crippen molar-refractivity contribution in [3.05, 3.63) is 24.0 Å². The van der Waals surface area contributed by atoms with Crippen LogP contribution in [0.1, 0.15) is 44.2 Å². The predicted octanol–water partition coefficient (Wildman–Crippen LogP) is 2.63. The predicted molar refractivity (Wildman–Crippen MR) is 96.5 cm³/mol. The Kier molecular flexibility index (Phi) is 4.93. The van der Waals surface area contributed by atoms with E-state index in [1.54, 1.807) is 6.20 Å². The van der Waals surface area contributed by atoms with E-state index in [2.05, 4.69) is 9.88 Å². The van der Waals surface area contributed by atoms with E-state index in [1.165, 1.54) is 25.8 Å². The molecule has 5 nitrogen and oxygen atoms in total. The molecule has 136 valence electrons. The van der Waals surface area contributed by atoms with Gasteiger partial charge < -0.3 is 14.5 Å². The number of aryl methyl sites for hydroxylation is 1. The Morgan fingerprint density at radius 2 is 2.00 bits per heavy atom. The van der Waals surface area contributed by atoms with Gasteiger partial charge in [-0.3, -0.25) is 9.78 Å². The van der Waals surface area contributed by atoms with Gasteiger partial charge in [-0.15, -0.1) is 0 Å². The second kappa shape index (κ2) is 7.32. The number of pyridine rings is 1. The van der Waals surface area contributed by atoms with Crippen molar-refractivity contribution >= 4 is 5.91 Å². The number of amides is 1. The molecule has 1 saturated carbocycles. The third-order valence-corrected chi connectivity index (χ3v) is 6.03. The lowest BCUT2D eigenvalue weighted by atomic mass is 9.91. The molecule has 0 radical (unpaired) electrons. The average molecular weight is 343 g/mol. The van der Waals surface area contributed by atoms with Crippen LogP contribution in [0.5, 0.6) is 5.75 Å². The fraction of sp³-hybridized carbons (Fsp3) is 0.700. The second-order valence-corrected chi connectivity index (χ2v) is 7.86. The highest BCUT2D eigenvalue weighted by Gasteiger charge is 2.37. The number of hydrogen-bond acceptors (Lipinski definition) is 4. The van der Waals surface area contributed by atoms with Gasteiger partial charge in [0.05, 0.1) is 13.1 Å². The van der Waals surface area contributed by atoms with Gasteiger partial charge >= 0.3 is 0 Å². The SMILES string of the molecule is Cc1cc(OC2CN(C(=O)C3CCCN(C4CCC4)CC3)C2)ccn1. The van der Waals surface area contributed by atoms with Crippen LogP contribution in [0.25, 0.3) is 0 Å². The van der Waals surface area contributed by atoms with Gasteiger partial charge in [0, 0.05) is 29.9 Å². The quantitative estimate of drug-likeness (QED) is 0.843. The van der Waals surface area contributed by atoms with E-state index in [0.29, 0.717) is 5.91 Å². The number of carbonyl (C=O) groups excluding carboxylic acids is 1. The molecular formula is C20H29N3O2. The number of nitrogens with zero attached hydrogens (tertiary/aromatic N) is 3. The summed E-state index contributed by atoms with van der Waals surface area (Å²) in [4.78, 5) is 21.6. The van der Waals surface area contributed by atoms with Crippen LogP contribution in [-0.4, -0.2) is 59.0 Å². The topological polar surface area (TPSA) is 45.7 Å². The van der Waals surface area contributed by atoms with Crippen molar-refractivity contribution in [3.8, 4) is 5.75 Å². The number of aromatic nitrogens is 1. The lowest BCUT2D eigenvalue weighted by Gasteiger charge is -2.40. The van der Waals surface area contributed by atoms with Crippen LogP contribution in [0.3, 0.4) is 0 Å². The molecule has 0 aromatic carbocycles. The van der Waals surface area contributed by atoms with Crippen molar-refractivity contribution < 1.29 is 9.53 Å². The molecule has 1 amide bonds. The normalized spacial score (nSPS) is 25.8. The Balaban J connectivity index is 1.24. The molecule has 4 rings (SSSR count). The van der Waals surface area contributed by atoms with E-state index < -0.39 is 0 Å². The van der Waals surface area contributed by atoms with Crippen LogP contribution < -0.4 is 4.74 Å². The van der Waals surface area contributed by atoms with Gasteiger partial charge in [0.1, 0.15) is 11.9 Å². The van der Waals surface area contributed by atoms with E-state index in [9.17, 15) is 4.79 Å². The minimum absolute atomic E-state index is 0.128. The highest BCUT2D eigenvalue weighted by Crippen LogP contribution is 2.30. The van der Waals surface area contributed by atoms with Gasteiger partial charge in [0.15, 0.2) is 0 Å². The molecule has 1 aliphatic carbocycles. The summed E-state index contributed by atoms with van der Waals surface area (Å²) in [5, 5.41) is 0. The van der Waals surface area contributed by atoms with Crippen LogP contribution in [0.15, 0.2) is 18.3 Å². The van der Waals surface area contributed by atoms with Gasteiger partial charge in [-0.2, -0.15) is 0 Å². The molecule has 2 aliphatic heterocycles. The number of carbonyl (C=O) groups is 1. The first-order chi connectivity index (χ1) is 12.2. The van der Waals surface area contributed by atoms with E-state index in [0.717, 1.165) is 56.4 Å². The molecule has 3 heterocycles. The Morgan fingerprint density at radius 1 is 1.16 bits per heavy atom. The Morgan fingerprint density at radius 3 is 2.72 bits per heavy atom. The van der Waals surface area contributed by atoms with Crippen molar-refractivity contribution in [2.24, 2.45) is 5.92 Å². The third kappa shape index (κ3) is 3.81. The van der Waals surface area contributed by atoms with Crippen LogP contribution in [0.4, 0.5) is 0 Å². The smallest absolute Gasteiger partial charge is 0.225 e. The highest BCUT2D eigenvalue weighted by atomic mass is 16.5. The Labute approximate surface area is 150 Å². The average Bonchev–Trinajstić information content (AvgIpc) is 2.74. The highest BCUT2D eigenvalue weighted by molar-refractivity contribution is 5.79. The molecule has 0 bridgehead atoms. The van der Waals surface area contributed by atoms with Crippen molar-refractivity contribution in [1.29, 1.82) is 0 Å². The molecule has 2 saturated heterocycles.